The summed E-state index contributed by atoms with van der Waals surface area (Å²) in [4.78, 5) is 19.0. The molecule has 9 heteroatoms. The number of amides is 1. The van der Waals surface area contributed by atoms with Crippen molar-refractivity contribution in [3.63, 3.8) is 0 Å². The second kappa shape index (κ2) is 6.34. The fraction of sp³-hybridized carbons (Fsp3) is 0.286. The smallest absolute Gasteiger partial charge is 0.246 e. The van der Waals surface area contributed by atoms with E-state index in [1.54, 1.807) is 14.0 Å². The molecular weight excluding hydrogens is 298 g/mol. The quantitative estimate of drug-likeness (QED) is 0.682. The first-order chi connectivity index (χ1) is 11.1. The van der Waals surface area contributed by atoms with E-state index in [1.165, 1.54) is 9.70 Å². The van der Waals surface area contributed by atoms with Gasteiger partial charge in [0.25, 0.3) is 0 Å². The normalized spacial score (nSPS) is 10.7. The van der Waals surface area contributed by atoms with E-state index in [1.807, 2.05) is 30.3 Å². The van der Waals surface area contributed by atoms with Gasteiger partial charge in [-0.15, -0.1) is 10.2 Å². The summed E-state index contributed by atoms with van der Waals surface area (Å²) < 4.78 is 4.88. The highest BCUT2D eigenvalue weighted by Gasteiger charge is 2.15. The number of benzene rings is 1. The number of likely N-dealkylation sites (N-methyl/N-ethyl adjacent to an activating group) is 1. The third kappa shape index (κ3) is 3.57. The largest absolute Gasteiger partial charge is 0.340 e. The monoisotopic (exact) mass is 313 g/mol. The highest BCUT2D eigenvalue weighted by Crippen LogP contribution is 2.11. The maximum atomic E-state index is 12.2. The minimum atomic E-state index is -0.176. The molecule has 9 nitrogen and oxygen atoms in total. The van der Waals surface area contributed by atoms with Gasteiger partial charge in [-0.1, -0.05) is 35.5 Å². The molecule has 0 saturated carbocycles. The van der Waals surface area contributed by atoms with E-state index in [2.05, 4.69) is 25.6 Å². The van der Waals surface area contributed by atoms with Crippen LogP contribution in [0.15, 0.2) is 34.9 Å². The van der Waals surface area contributed by atoms with Crippen LogP contribution in [0.3, 0.4) is 0 Å². The number of tetrazole rings is 1. The molecule has 0 aliphatic carbocycles. The van der Waals surface area contributed by atoms with Gasteiger partial charge in [0.1, 0.15) is 6.54 Å². The van der Waals surface area contributed by atoms with Crippen molar-refractivity contribution in [3.8, 4) is 11.4 Å². The van der Waals surface area contributed by atoms with E-state index in [9.17, 15) is 4.79 Å². The Kier molecular flexibility index (Phi) is 4.09. The van der Waals surface area contributed by atoms with Gasteiger partial charge >= 0.3 is 0 Å². The average Bonchev–Trinajstić information content (AvgIpc) is 3.17. The van der Waals surface area contributed by atoms with Crippen LogP contribution >= 0.6 is 0 Å². The molecule has 118 valence electrons. The Hall–Kier alpha value is -3.10. The van der Waals surface area contributed by atoms with Crippen molar-refractivity contribution < 1.29 is 9.32 Å². The maximum Gasteiger partial charge on any atom is 0.246 e. The number of nitrogens with zero attached hydrogens (tertiary/aromatic N) is 7. The van der Waals surface area contributed by atoms with Crippen molar-refractivity contribution in [2.75, 3.05) is 7.05 Å². The van der Waals surface area contributed by atoms with E-state index in [4.69, 9.17) is 4.52 Å². The summed E-state index contributed by atoms with van der Waals surface area (Å²) in [6, 6.07) is 9.46. The first kappa shape index (κ1) is 14.8. The lowest BCUT2D eigenvalue weighted by Crippen LogP contribution is -2.31. The molecule has 0 aliphatic rings. The van der Waals surface area contributed by atoms with Gasteiger partial charge in [-0.25, -0.2) is 0 Å². The van der Waals surface area contributed by atoms with Crippen LogP contribution in [0.1, 0.15) is 11.7 Å². The number of aromatic nitrogens is 6. The first-order valence-corrected chi connectivity index (χ1v) is 6.98. The molecule has 0 bridgehead atoms. The molecular formula is C14H15N7O2. The molecule has 0 saturated heterocycles. The fourth-order valence-electron chi connectivity index (χ4n) is 1.96. The summed E-state index contributed by atoms with van der Waals surface area (Å²) in [5, 5.41) is 15.8. The van der Waals surface area contributed by atoms with Crippen LogP contribution in [0.4, 0.5) is 0 Å². The van der Waals surface area contributed by atoms with Gasteiger partial charge in [0.2, 0.25) is 17.6 Å². The van der Waals surface area contributed by atoms with Crippen molar-refractivity contribution in [3.05, 3.63) is 42.0 Å². The molecule has 2 aromatic heterocycles. The Balaban J connectivity index is 1.63. The minimum Gasteiger partial charge on any atom is -0.340 e. The molecule has 1 aromatic carbocycles. The third-order valence-electron chi connectivity index (χ3n) is 3.14. The maximum absolute atomic E-state index is 12.2. The number of hydrogen-bond acceptors (Lipinski definition) is 7. The van der Waals surface area contributed by atoms with E-state index >= 15 is 0 Å². The number of hydrogen-bond donors (Lipinski definition) is 0. The Labute approximate surface area is 131 Å². The number of aryl methyl sites for hydroxylation is 1. The van der Waals surface area contributed by atoms with Gasteiger partial charge in [-0.2, -0.15) is 9.78 Å². The van der Waals surface area contributed by atoms with Crippen molar-refractivity contribution in [1.82, 2.24) is 35.2 Å². The van der Waals surface area contributed by atoms with Gasteiger partial charge in [0, 0.05) is 19.5 Å². The van der Waals surface area contributed by atoms with Gasteiger partial charge in [0.05, 0.1) is 6.54 Å². The van der Waals surface area contributed by atoms with Crippen LogP contribution in [0.2, 0.25) is 0 Å². The molecule has 0 atom stereocenters. The molecule has 0 N–H and O–H groups in total. The zero-order chi connectivity index (χ0) is 16.2. The molecule has 0 aliphatic heterocycles. The van der Waals surface area contributed by atoms with Crippen molar-refractivity contribution in [1.29, 1.82) is 0 Å². The Morgan fingerprint density at radius 1 is 1.30 bits per heavy atom. The fourth-order valence-corrected chi connectivity index (χ4v) is 1.96. The van der Waals surface area contributed by atoms with Crippen LogP contribution in [0.25, 0.3) is 11.4 Å². The molecule has 3 rings (SSSR count). The van der Waals surface area contributed by atoms with Crippen molar-refractivity contribution >= 4 is 5.91 Å². The van der Waals surface area contributed by atoms with Crippen LogP contribution in [0, 0.1) is 6.92 Å². The summed E-state index contributed by atoms with van der Waals surface area (Å²) in [5.74, 6) is 1.22. The highest BCUT2D eigenvalue weighted by molar-refractivity contribution is 5.75. The summed E-state index contributed by atoms with van der Waals surface area (Å²) in [7, 11) is 1.66. The first-order valence-electron chi connectivity index (χ1n) is 6.98. The second-order valence-corrected chi connectivity index (χ2v) is 4.99. The molecule has 0 unspecified atom stereocenters. The van der Waals surface area contributed by atoms with Crippen LogP contribution < -0.4 is 0 Å². The molecule has 0 spiro atoms. The number of carbonyl (C=O) groups is 1. The standard InChI is InChI=1S/C14H15N7O2/c1-10-15-12(18-23-10)8-20(2)13(22)9-21-17-14(16-19-21)11-6-4-3-5-7-11/h3-7H,8-9H2,1-2H3. The Bertz CT molecular complexity index is 796. The number of carbonyl (C=O) groups excluding carboxylic acids is 1. The lowest BCUT2D eigenvalue weighted by Gasteiger charge is -2.13. The van der Waals surface area contributed by atoms with Gasteiger partial charge < -0.3 is 9.42 Å². The van der Waals surface area contributed by atoms with Gasteiger partial charge in [-0.3, -0.25) is 4.79 Å². The van der Waals surface area contributed by atoms with E-state index < -0.39 is 0 Å². The van der Waals surface area contributed by atoms with E-state index in [0.29, 0.717) is 17.5 Å². The van der Waals surface area contributed by atoms with Crippen LogP contribution in [0.5, 0.6) is 0 Å². The molecule has 0 radical (unpaired) electrons. The zero-order valence-corrected chi connectivity index (χ0v) is 12.7. The summed E-state index contributed by atoms with van der Waals surface area (Å²) in [6.07, 6.45) is 0. The van der Waals surface area contributed by atoms with Crippen molar-refractivity contribution in [2.24, 2.45) is 0 Å². The molecule has 23 heavy (non-hydrogen) atoms. The molecule has 3 aromatic rings. The number of rotatable bonds is 5. The molecule has 2 heterocycles. The van der Waals surface area contributed by atoms with Crippen LogP contribution in [-0.4, -0.2) is 48.2 Å². The molecule has 1 amide bonds. The average molecular weight is 313 g/mol. The lowest BCUT2D eigenvalue weighted by molar-refractivity contribution is -0.131. The third-order valence-corrected chi connectivity index (χ3v) is 3.14. The predicted molar refractivity (Wildman–Crippen MR) is 78.8 cm³/mol. The van der Waals surface area contributed by atoms with Gasteiger partial charge in [0.15, 0.2) is 5.82 Å². The Morgan fingerprint density at radius 2 is 2.09 bits per heavy atom. The summed E-state index contributed by atoms with van der Waals surface area (Å²) in [6.45, 7) is 1.95. The molecule has 0 fully saturated rings. The Morgan fingerprint density at radius 3 is 2.78 bits per heavy atom. The van der Waals surface area contributed by atoms with Gasteiger partial charge in [-0.05, 0) is 5.21 Å². The SMILES string of the molecule is Cc1nc(CN(C)C(=O)Cn2nnc(-c3ccccc3)n2)no1. The van der Waals surface area contributed by atoms with Crippen LogP contribution in [-0.2, 0) is 17.9 Å². The summed E-state index contributed by atoms with van der Waals surface area (Å²) in [5.41, 5.74) is 0.849. The zero-order valence-electron chi connectivity index (χ0n) is 12.7. The van der Waals surface area contributed by atoms with E-state index in [0.717, 1.165) is 5.56 Å². The summed E-state index contributed by atoms with van der Waals surface area (Å²) >= 11 is 0. The minimum absolute atomic E-state index is 0.00678. The highest BCUT2D eigenvalue weighted by atomic mass is 16.5. The van der Waals surface area contributed by atoms with Crippen molar-refractivity contribution in [2.45, 2.75) is 20.0 Å². The topological polar surface area (TPSA) is 103 Å². The van der Waals surface area contributed by atoms with E-state index in [-0.39, 0.29) is 19.0 Å². The second-order valence-electron chi connectivity index (χ2n) is 4.99. The lowest BCUT2D eigenvalue weighted by atomic mass is 10.2. The predicted octanol–water partition coefficient (Wildman–Crippen LogP) is 0.690.